The number of rotatable bonds is 7. The molecule has 2 aliphatic rings. The van der Waals surface area contributed by atoms with Crippen molar-refractivity contribution in [1.29, 1.82) is 0 Å². The van der Waals surface area contributed by atoms with Crippen LogP contribution >= 0.6 is 0 Å². The summed E-state index contributed by atoms with van der Waals surface area (Å²) in [5.74, 6) is 0. The second-order valence-electron chi connectivity index (χ2n) is 5.32. The highest BCUT2D eigenvalue weighted by Crippen LogP contribution is 2.43. The third-order valence-corrected chi connectivity index (χ3v) is 4.20. The topological polar surface area (TPSA) is 29.3 Å². The SMILES string of the molecule is C=CCN(CCC1(CN)CCC1)C1CC1. The van der Waals surface area contributed by atoms with Crippen LogP contribution in [-0.4, -0.2) is 30.6 Å². The Balaban J connectivity index is 1.76. The van der Waals surface area contributed by atoms with Crippen molar-refractivity contribution in [1.82, 2.24) is 4.90 Å². The van der Waals surface area contributed by atoms with Gasteiger partial charge >= 0.3 is 0 Å². The van der Waals surface area contributed by atoms with Gasteiger partial charge in [0.05, 0.1) is 0 Å². The molecular weight excluding hydrogens is 184 g/mol. The minimum absolute atomic E-state index is 0.508. The van der Waals surface area contributed by atoms with Gasteiger partial charge in [0, 0.05) is 12.6 Å². The van der Waals surface area contributed by atoms with Gasteiger partial charge in [-0.15, -0.1) is 6.58 Å². The number of hydrogen-bond acceptors (Lipinski definition) is 2. The molecule has 0 saturated heterocycles. The maximum Gasteiger partial charge on any atom is 0.0163 e. The van der Waals surface area contributed by atoms with Gasteiger partial charge < -0.3 is 5.73 Å². The van der Waals surface area contributed by atoms with Gasteiger partial charge in [-0.05, 0) is 50.6 Å². The lowest BCUT2D eigenvalue weighted by Gasteiger charge is -2.42. The quantitative estimate of drug-likeness (QED) is 0.650. The highest BCUT2D eigenvalue weighted by molar-refractivity contribution is 4.93. The Bertz CT molecular complexity index is 211. The molecule has 0 amide bonds. The summed E-state index contributed by atoms with van der Waals surface area (Å²) in [5.41, 5.74) is 6.39. The molecule has 0 unspecified atom stereocenters. The summed E-state index contributed by atoms with van der Waals surface area (Å²) in [6.45, 7) is 7.02. The summed E-state index contributed by atoms with van der Waals surface area (Å²) in [7, 11) is 0. The first-order valence-corrected chi connectivity index (χ1v) is 6.35. The monoisotopic (exact) mass is 208 g/mol. The van der Waals surface area contributed by atoms with Crippen LogP contribution in [0.5, 0.6) is 0 Å². The van der Waals surface area contributed by atoms with E-state index in [4.69, 9.17) is 5.73 Å². The van der Waals surface area contributed by atoms with E-state index in [0.717, 1.165) is 19.1 Å². The Morgan fingerprint density at radius 1 is 1.40 bits per heavy atom. The molecule has 0 atom stereocenters. The van der Waals surface area contributed by atoms with Crippen molar-refractivity contribution in [2.24, 2.45) is 11.1 Å². The van der Waals surface area contributed by atoms with E-state index in [-0.39, 0.29) is 0 Å². The molecule has 2 fully saturated rings. The maximum atomic E-state index is 5.88. The van der Waals surface area contributed by atoms with E-state index in [1.165, 1.54) is 45.1 Å². The largest absolute Gasteiger partial charge is 0.330 e. The lowest BCUT2D eigenvalue weighted by molar-refractivity contribution is 0.107. The molecule has 0 aromatic heterocycles. The highest BCUT2D eigenvalue weighted by atomic mass is 15.2. The van der Waals surface area contributed by atoms with E-state index < -0.39 is 0 Å². The molecule has 2 nitrogen and oxygen atoms in total. The van der Waals surface area contributed by atoms with Crippen LogP contribution in [0.2, 0.25) is 0 Å². The van der Waals surface area contributed by atoms with Crippen molar-refractivity contribution >= 4 is 0 Å². The molecule has 15 heavy (non-hydrogen) atoms. The van der Waals surface area contributed by atoms with Crippen molar-refractivity contribution in [2.45, 2.75) is 44.6 Å². The molecule has 0 radical (unpaired) electrons. The fourth-order valence-electron chi connectivity index (χ4n) is 2.64. The molecule has 2 rings (SSSR count). The second kappa shape index (κ2) is 4.67. The van der Waals surface area contributed by atoms with Gasteiger partial charge in [-0.2, -0.15) is 0 Å². The number of nitrogens with two attached hydrogens (primary N) is 1. The molecule has 0 heterocycles. The molecule has 2 aliphatic carbocycles. The molecule has 2 saturated carbocycles. The van der Waals surface area contributed by atoms with Crippen molar-refractivity contribution < 1.29 is 0 Å². The van der Waals surface area contributed by atoms with Gasteiger partial charge in [-0.25, -0.2) is 0 Å². The second-order valence-corrected chi connectivity index (χ2v) is 5.32. The first kappa shape index (κ1) is 11.2. The molecule has 2 heteroatoms. The average Bonchev–Trinajstić information content (AvgIpc) is 2.98. The fourth-order valence-corrected chi connectivity index (χ4v) is 2.64. The van der Waals surface area contributed by atoms with Gasteiger partial charge in [-0.3, -0.25) is 4.90 Å². The smallest absolute Gasteiger partial charge is 0.0163 e. The summed E-state index contributed by atoms with van der Waals surface area (Å²) in [4.78, 5) is 2.59. The molecule has 0 bridgehead atoms. The van der Waals surface area contributed by atoms with E-state index in [2.05, 4.69) is 11.5 Å². The summed E-state index contributed by atoms with van der Waals surface area (Å²) >= 11 is 0. The number of hydrogen-bond donors (Lipinski definition) is 1. The minimum atomic E-state index is 0.508. The van der Waals surface area contributed by atoms with Gasteiger partial charge in [-0.1, -0.05) is 12.5 Å². The molecule has 86 valence electrons. The molecule has 0 aromatic carbocycles. The van der Waals surface area contributed by atoms with Crippen LogP contribution < -0.4 is 5.73 Å². The van der Waals surface area contributed by atoms with E-state index in [1.54, 1.807) is 0 Å². The van der Waals surface area contributed by atoms with Gasteiger partial charge in [0.2, 0.25) is 0 Å². The Hall–Kier alpha value is -0.340. The Morgan fingerprint density at radius 3 is 2.53 bits per heavy atom. The van der Waals surface area contributed by atoms with Gasteiger partial charge in [0.25, 0.3) is 0 Å². The molecule has 2 N–H and O–H groups in total. The Labute approximate surface area is 93.5 Å². The predicted octanol–water partition coefficient (Wildman–Crippen LogP) is 2.16. The van der Waals surface area contributed by atoms with E-state index in [1.807, 2.05) is 6.08 Å². The van der Waals surface area contributed by atoms with Gasteiger partial charge in [0.1, 0.15) is 0 Å². The highest BCUT2D eigenvalue weighted by Gasteiger charge is 2.37. The lowest BCUT2D eigenvalue weighted by atomic mass is 9.66. The molecular formula is C13H24N2. The third-order valence-electron chi connectivity index (χ3n) is 4.20. The average molecular weight is 208 g/mol. The zero-order chi connectivity index (χ0) is 10.7. The summed E-state index contributed by atoms with van der Waals surface area (Å²) in [5, 5.41) is 0. The van der Waals surface area contributed by atoms with Crippen LogP contribution in [0.1, 0.15) is 38.5 Å². The normalized spacial score (nSPS) is 23.9. The maximum absolute atomic E-state index is 5.88. The Morgan fingerprint density at radius 2 is 2.13 bits per heavy atom. The zero-order valence-electron chi connectivity index (χ0n) is 9.75. The fraction of sp³-hybridized carbons (Fsp3) is 0.846. The van der Waals surface area contributed by atoms with Crippen LogP contribution in [-0.2, 0) is 0 Å². The van der Waals surface area contributed by atoms with E-state index in [9.17, 15) is 0 Å². The molecule has 0 spiro atoms. The third kappa shape index (κ3) is 2.61. The van der Waals surface area contributed by atoms with Crippen molar-refractivity contribution in [3.05, 3.63) is 12.7 Å². The van der Waals surface area contributed by atoms with Crippen LogP contribution in [0, 0.1) is 5.41 Å². The van der Waals surface area contributed by atoms with Crippen LogP contribution in [0.25, 0.3) is 0 Å². The van der Waals surface area contributed by atoms with Crippen molar-refractivity contribution in [2.75, 3.05) is 19.6 Å². The van der Waals surface area contributed by atoms with E-state index in [0.29, 0.717) is 5.41 Å². The first-order chi connectivity index (χ1) is 7.29. The van der Waals surface area contributed by atoms with Gasteiger partial charge in [0.15, 0.2) is 0 Å². The van der Waals surface area contributed by atoms with Crippen molar-refractivity contribution in [3.63, 3.8) is 0 Å². The Kier molecular flexibility index (Phi) is 3.47. The minimum Gasteiger partial charge on any atom is -0.330 e. The van der Waals surface area contributed by atoms with E-state index >= 15 is 0 Å². The van der Waals surface area contributed by atoms with Crippen LogP contribution in [0.15, 0.2) is 12.7 Å². The molecule has 0 aliphatic heterocycles. The summed E-state index contributed by atoms with van der Waals surface area (Å²) in [6.07, 6.45) is 10.2. The summed E-state index contributed by atoms with van der Waals surface area (Å²) < 4.78 is 0. The van der Waals surface area contributed by atoms with Crippen LogP contribution in [0.4, 0.5) is 0 Å². The number of nitrogens with zero attached hydrogens (tertiary/aromatic N) is 1. The predicted molar refractivity (Wildman–Crippen MR) is 64.7 cm³/mol. The first-order valence-electron chi connectivity index (χ1n) is 6.35. The van der Waals surface area contributed by atoms with Crippen LogP contribution in [0.3, 0.4) is 0 Å². The lowest BCUT2D eigenvalue weighted by Crippen LogP contribution is -2.41. The summed E-state index contributed by atoms with van der Waals surface area (Å²) in [6, 6.07) is 0.859. The standard InChI is InChI=1S/C13H24N2/c1-2-9-15(12-4-5-12)10-8-13(11-14)6-3-7-13/h2,12H,1,3-11,14H2. The molecule has 0 aromatic rings. The zero-order valence-corrected chi connectivity index (χ0v) is 9.75. The van der Waals surface area contributed by atoms with Crippen molar-refractivity contribution in [3.8, 4) is 0 Å².